The number of halogens is 1. The van der Waals surface area contributed by atoms with Crippen molar-refractivity contribution in [3.05, 3.63) is 33.2 Å². The molecule has 1 aromatic carbocycles. The van der Waals surface area contributed by atoms with Gasteiger partial charge in [0.25, 0.3) is 0 Å². The Morgan fingerprint density at radius 3 is 2.94 bits per heavy atom. The van der Waals surface area contributed by atoms with E-state index in [1.54, 1.807) is 0 Å². The van der Waals surface area contributed by atoms with Crippen molar-refractivity contribution in [2.45, 2.75) is 33.0 Å². The predicted octanol–water partition coefficient (Wildman–Crippen LogP) is 2.11. The maximum Gasteiger partial charge on any atom is 0.326 e. The molecule has 1 aromatic heterocycles. The second-order valence-electron chi connectivity index (χ2n) is 5.23. The van der Waals surface area contributed by atoms with Gasteiger partial charge in [-0.3, -0.25) is 4.57 Å². The van der Waals surface area contributed by atoms with Crippen LogP contribution in [0.1, 0.15) is 19.4 Å². The molecule has 1 atom stereocenters. The van der Waals surface area contributed by atoms with Crippen molar-refractivity contribution < 1.29 is 0 Å². The fraction of sp³-hybridized carbons (Fsp3) is 0.462. The third-order valence-corrected chi connectivity index (χ3v) is 3.87. The minimum atomic E-state index is -0.0529. The maximum absolute atomic E-state index is 12.0. The largest absolute Gasteiger partial charge is 0.326 e. The quantitative estimate of drug-likeness (QED) is 0.830. The molecule has 96 valence electrons. The molecule has 0 amide bonds. The number of hydrogen-bond acceptors (Lipinski definition) is 2. The van der Waals surface area contributed by atoms with Crippen molar-refractivity contribution in [2.75, 3.05) is 0 Å². The summed E-state index contributed by atoms with van der Waals surface area (Å²) >= 11 is 6.08. The number of imidazole rings is 1. The summed E-state index contributed by atoms with van der Waals surface area (Å²) < 4.78 is 1.83. The van der Waals surface area contributed by atoms with E-state index >= 15 is 0 Å². The summed E-state index contributed by atoms with van der Waals surface area (Å²) in [6.45, 7) is 5.77. The van der Waals surface area contributed by atoms with E-state index < -0.39 is 0 Å². The minimum absolute atomic E-state index is 0.0529. The Morgan fingerprint density at radius 2 is 2.22 bits per heavy atom. The molecule has 0 bridgehead atoms. The second-order valence-corrected chi connectivity index (χ2v) is 5.67. The number of H-pyrrole nitrogens is 1. The van der Waals surface area contributed by atoms with Crippen molar-refractivity contribution in [1.29, 1.82) is 0 Å². The predicted molar refractivity (Wildman–Crippen MR) is 73.0 cm³/mol. The van der Waals surface area contributed by atoms with Crippen LogP contribution in [-0.2, 0) is 13.1 Å². The number of benzene rings is 1. The van der Waals surface area contributed by atoms with Crippen LogP contribution in [0.15, 0.2) is 16.9 Å². The van der Waals surface area contributed by atoms with E-state index in [1.807, 2.05) is 16.7 Å². The molecule has 2 aromatic rings. The monoisotopic (exact) mass is 265 g/mol. The first-order valence-electron chi connectivity index (χ1n) is 6.20. The Hall–Kier alpha value is -1.26. The molecule has 0 spiro atoms. The summed E-state index contributed by atoms with van der Waals surface area (Å²) in [6.07, 6.45) is 0. The van der Waals surface area contributed by atoms with Gasteiger partial charge in [-0.15, -0.1) is 0 Å². The molecule has 0 saturated carbocycles. The molecule has 1 aliphatic rings. The normalized spacial score (nSPS) is 19.4. The van der Waals surface area contributed by atoms with Crippen LogP contribution in [-0.4, -0.2) is 15.6 Å². The van der Waals surface area contributed by atoms with E-state index in [1.165, 1.54) is 0 Å². The molecule has 0 saturated heterocycles. The number of nitrogens with zero attached hydrogens (tertiary/aromatic N) is 1. The minimum Gasteiger partial charge on any atom is -0.308 e. The highest BCUT2D eigenvalue weighted by atomic mass is 35.5. The lowest BCUT2D eigenvalue weighted by atomic mass is 10.0. The third kappa shape index (κ3) is 1.76. The van der Waals surface area contributed by atoms with E-state index in [0.717, 1.165) is 23.1 Å². The van der Waals surface area contributed by atoms with E-state index in [0.29, 0.717) is 23.5 Å². The third-order valence-electron chi connectivity index (χ3n) is 3.65. The molecule has 2 heterocycles. The number of rotatable bonds is 1. The van der Waals surface area contributed by atoms with Gasteiger partial charge >= 0.3 is 5.69 Å². The molecule has 0 fully saturated rings. The SMILES string of the molecule is CC(C)[C@H]1Cn2c(=O)[nH]c3cc(Cl)cc(c32)CN1. The Bertz CT molecular complexity index is 656. The van der Waals surface area contributed by atoms with Crippen molar-refractivity contribution in [1.82, 2.24) is 14.9 Å². The topological polar surface area (TPSA) is 49.8 Å². The average molecular weight is 266 g/mol. The van der Waals surface area contributed by atoms with Gasteiger partial charge in [-0.05, 0) is 23.6 Å². The summed E-state index contributed by atoms with van der Waals surface area (Å²) in [5, 5.41) is 4.16. The Labute approximate surface area is 110 Å². The van der Waals surface area contributed by atoms with E-state index in [2.05, 4.69) is 24.1 Å². The van der Waals surface area contributed by atoms with Gasteiger partial charge in [-0.25, -0.2) is 4.79 Å². The highest BCUT2D eigenvalue weighted by Crippen LogP contribution is 2.25. The van der Waals surface area contributed by atoms with E-state index in [4.69, 9.17) is 11.6 Å². The molecule has 18 heavy (non-hydrogen) atoms. The zero-order chi connectivity index (χ0) is 12.9. The van der Waals surface area contributed by atoms with Gasteiger partial charge in [0.2, 0.25) is 0 Å². The number of hydrogen-bond donors (Lipinski definition) is 2. The maximum atomic E-state index is 12.0. The Morgan fingerprint density at radius 1 is 1.44 bits per heavy atom. The first kappa shape index (κ1) is 11.8. The van der Waals surface area contributed by atoms with Gasteiger partial charge in [0.05, 0.1) is 11.0 Å². The average Bonchev–Trinajstić information content (AvgIpc) is 2.49. The molecule has 0 aliphatic carbocycles. The van der Waals surface area contributed by atoms with Crippen LogP contribution < -0.4 is 11.0 Å². The Balaban J connectivity index is 2.24. The van der Waals surface area contributed by atoms with Crippen LogP contribution in [0.2, 0.25) is 5.02 Å². The van der Waals surface area contributed by atoms with E-state index in [9.17, 15) is 4.79 Å². The summed E-state index contributed by atoms with van der Waals surface area (Å²) in [6, 6.07) is 4.05. The van der Waals surface area contributed by atoms with Crippen molar-refractivity contribution in [2.24, 2.45) is 5.92 Å². The summed E-state index contributed by atoms with van der Waals surface area (Å²) in [5.41, 5.74) is 2.84. The van der Waals surface area contributed by atoms with Crippen molar-refractivity contribution >= 4 is 22.6 Å². The van der Waals surface area contributed by atoms with Crippen LogP contribution in [0, 0.1) is 5.92 Å². The molecule has 1 aliphatic heterocycles. The molecule has 5 heteroatoms. The lowest BCUT2D eigenvalue weighted by Crippen LogP contribution is -2.37. The highest BCUT2D eigenvalue weighted by molar-refractivity contribution is 6.31. The van der Waals surface area contributed by atoms with Gasteiger partial charge in [-0.2, -0.15) is 0 Å². The molecular formula is C13H16ClN3O. The molecule has 4 nitrogen and oxygen atoms in total. The summed E-state index contributed by atoms with van der Waals surface area (Å²) in [5.74, 6) is 0.478. The number of nitrogens with one attached hydrogen (secondary N) is 2. The molecule has 0 radical (unpaired) electrons. The molecular weight excluding hydrogens is 250 g/mol. The zero-order valence-corrected chi connectivity index (χ0v) is 11.2. The van der Waals surface area contributed by atoms with Crippen molar-refractivity contribution in [3.8, 4) is 0 Å². The zero-order valence-electron chi connectivity index (χ0n) is 10.5. The Kier molecular flexibility index (Phi) is 2.72. The van der Waals surface area contributed by atoms with Crippen LogP contribution in [0.5, 0.6) is 0 Å². The van der Waals surface area contributed by atoms with Crippen LogP contribution >= 0.6 is 11.6 Å². The fourth-order valence-electron chi connectivity index (χ4n) is 2.61. The molecule has 2 N–H and O–H groups in total. The first-order chi connectivity index (χ1) is 8.56. The summed E-state index contributed by atoms with van der Waals surface area (Å²) in [4.78, 5) is 14.9. The van der Waals surface area contributed by atoms with Gasteiger partial charge in [0.1, 0.15) is 0 Å². The van der Waals surface area contributed by atoms with Gasteiger partial charge in [0, 0.05) is 24.2 Å². The van der Waals surface area contributed by atoms with Gasteiger partial charge in [0.15, 0.2) is 0 Å². The molecule has 0 unspecified atom stereocenters. The standard InChI is InChI=1S/C13H16ClN3O/c1-7(2)11-6-17-12-8(5-15-11)3-9(14)4-10(12)16-13(17)18/h3-4,7,11,15H,5-6H2,1-2H3,(H,16,18)/t11-/m1/s1. The smallest absolute Gasteiger partial charge is 0.308 e. The first-order valence-corrected chi connectivity index (χ1v) is 6.58. The van der Waals surface area contributed by atoms with Gasteiger partial charge < -0.3 is 10.3 Å². The lowest BCUT2D eigenvalue weighted by Gasteiger charge is -2.20. The molecule has 3 rings (SSSR count). The summed E-state index contributed by atoms with van der Waals surface area (Å²) in [7, 11) is 0. The number of aromatic nitrogens is 2. The van der Waals surface area contributed by atoms with Crippen LogP contribution in [0.4, 0.5) is 0 Å². The van der Waals surface area contributed by atoms with E-state index in [-0.39, 0.29) is 5.69 Å². The van der Waals surface area contributed by atoms with Crippen molar-refractivity contribution in [3.63, 3.8) is 0 Å². The van der Waals surface area contributed by atoms with Gasteiger partial charge in [-0.1, -0.05) is 25.4 Å². The second kappa shape index (κ2) is 4.14. The van der Waals surface area contributed by atoms with Crippen LogP contribution in [0.3, 0.4) is 0 Å². The lowest BCUT2D eigenvalue weighted by molar-refractivity contribution is 0.362. The number of aromatic amines is 1. The highest BCUT2D eigenvalue weighted by Gasteiger charge is 2.22. The van der Waals surface area contributed by atoms with Crippen LogP contribution in [0.25, 0.3) is 11.0 Å². The fourth-order valence-corrected chi connectivity index (χ4v) is 2.85.